The van der Waals surface area contributed by atoms with E-state index in [-0.39, 0.29) is 6.54 Å². The van der Waals surface area contributed by atoms with Gasteiger partial charge in [-0.1, -0.05) is 30.3 Å². The van der Waals surface area contributed by atoms with Crippen molar-refractivity contribution in [2.45, 2.75) is 6.54 Å². The fourth-order valence-corrected chi connectivity index (χ4v) is 2.04. The summed E-state index contributed by atoms with van der Waals surface area (Å²) >= 11 is 0. The summed E-state index contributed by atoms with van der Waals surface area (Å²) < 4.78 is 39.4. The first-order valence-electron chi connectivity index (χ1n) is 7.19. The normalized spacial score (nSPS) is 10.5. The predicted octanol–water partition coefficient (Wildman–Crippen LogP) is 3.21. The summed E-state index contributed by atoms with van der Waals surface area (Å²) in [5.74, 6) is -3.62. The standard InChI is InChI=1S/C16H12F3N5O/c17-10-6-7-11(14(19)13(10)18)21-16(25)20-8-12-22-15(24-23-12)9-4-2-1-3-5-9/h1-7H,8H2,(H2,20,21,25)(H,22,23,24). The number of amides is 2. The molecule has 2 amide bonds. The summed E-state index contributed by atoms with van der Waals surface area (Å²) in [7, 11) is 0. The van der Waals surface area contributed by atoms with E-state index < -0.39 is 29.2 Å². The van der Waals surface area contributed by atoms with E-state index in [4.69, 9.17) is 0 Å². The predicted molar refractivity (Wildman–Crippen MR) is 84.0 cm³/mol. The van der Waals surface area contributed by atoms with Crippen LogP contribution in [0.1, 0.15) is 5.82 Å². The van der Waals surface area contributed by atoms with Crippen LogP contribution in [0.15, 0.2) is 42.5 Å². The zero-order chi connectivity index (χ0) is 17.8. The van der Waals surface area contributed by atoms with E-state index in [1.54, 1.807) is 0 Å². The van der Waals surface area contributed by atoms with Gasteiger partial charge in [-0.25, -0.2) is 22.9 Å². The molecule has 0 fully saturated rings. The van der Waals surface area contributed by atoms with Crippen LogP contribution in [-0.4, -0.2) is 21.2 Å². The Bertz CT molecular complexity index is 898. The molecule has 1 aromatic heterocycles. The molecule has 0 saturated heterocycles. The van der Waals surface area contributed by atoms with E-state index in [0.717, 1.165) is 17.7 Å². The molecule has 0 bridgehead atoms. The van der Waals surface area contributed by atoms with Gasteiger partial charge in [0.25, 0.3) is 0 Å². The van der Waals surface area contributed by atoms with Crippen LogP contribution >= 0.6 is 0 Å². The SMILES string of the molecule is O=C(NCc1nc(-c2ccccc2)n[nH]1)Nc1ccc(F)c(F)c1F. The Kier molecular flexibility index (Phi) is 4.64. The van der Waals surface area contributed by atoms with E-state index in [9.17, 15) is 18.0 Å². The lowest BCUT2D eigenvalue weighted by atomic mass is 10.2. The van der Waals surface area contributed by atoms with E-state index in [1.807, 2.05) is 30.3 Å². The molecular weight excluding hydrogens is 335 g/mol. The molecule has 0 aliphatic heterocycles. The third-order valence-corrected chi connectivity index (χ3v) is 3.26. The molecule has 6 nitrogen and oxygen atoms in total. The lowest BCUT2D eigenvalue weighted by molar-refractivity contribution is 0.251. The van der Waals surface area contributed by atoms with E-state index >= 15 is 0 Å². The molecule has 3 N–H and O–H groups in total. The van der Waals surface area contributed by atoms with Crippen LogP contribution in [-0.2, 0) is 6.54 Å². The van der Waals surface area contributed by atoms with Crippen molar-refractivity contribution in [2.24, 2.45) is 0 Å². The Labute approximate surface area is 140 Å². The highest BCUT2D eigenvalue weighted by molar-refractivity contribution is 5.89. The molecule has 0 saturated carbocycles. The largest absolute Gasteiger partial charge is 0.331 e. The van der Waals surface area contributed by atoms with Crippen molar-refractivity contribution < 1.29 is 18.0 Å². The molecule has 128 valence electrons. The number of aromatic amines is 1. The van der Waals surface area contributed by atoms with Gasteiger partial charge in [0.05, 0.1) is 12.2 Å². The van der Waals surface area contributed by atoms with E-state index in [2.05, 4.69) is 25.8 Å². The number of carbonyl (C=O) groups is 1. The number of aromatic nitrogens is 3. The van der Waals surface area contributed by atoms with Crippen LogP contribution in [0.2, 0.25) is 0 Å². The second-order valence-corrected chi connectivity index (χ2v) is 5.00. The van der Waals surface area contributed by atoms with Crippen molar-refractivity contribution in [1.29, 1.82) is 0 Å². The van der Waals surface area contributed by atoms with Gasteiger partial charge in [0.1, 0.15) is 5.82 Å². The first-order chi connectivity index (χ1) is 12.0. The number of anilines is 1. The topological polar surface area (TPSA) is 82.7 Å². The molecule has 3 rings (SSSR count). The van der Waals surface area contributed by atoms with Crippen molar-refractivity contribution in [2.75, 3.05) is 5.32 Å². The van der Waals surface area contributed by atoms with Gasteiger partial charge in [-0.3, -0.25) is 5.10 Å². The first kappa shape index (κ1) is 16.5. The van der Waals surface area contributed by atoms with Crippen LogP contribution in [0.3, 0.4) is 0 Å². The highest BCUT2D eigenvalue weighted by Gasteiger charge is 2.15. The van der Waals surface area contributed by atoms with Crippen molar-refractivity contribution in [1.82, 2.24) is 20.5 Å². The van der Waals surface area contributed by atoms with Gasteiger partial charge in [-0.05, 0) is 12.1 Å². The van der Waals surface area contributed by atoms with Gasteiger partial charge in [0.2, 0.25) is 0 Å². The van der Waals surface area contributed by atoms with Gasteiger partial charge in [-0.2, -0.15) is 5.10 Å². The third-order valence-electron chi connectivity index (χ3n) is 3.26. The van der Waals surface area contributed by atoms with Gasteiger partial charge >= 0.3 is 6.03 Å². The molecule has 25 heavy (non-hydrogen) atoms. The van der Waals surface area contributed by atoms with Gasteiger partial charge in [0, 0.05) is 5.56 Å². The van der Waals surface area contributed by atoms with Crippen molar-refractivity contribution in [3.05, 3.63) is 65.7 Å². The highest BCUT2D eigenvalue weighted by atomic mass is 19.2. The number of nitrogens with zero attached hydrogens (tertiary/aromatic N) is 2. The number of carbonyl (C=O) groups excluding carboxylic acids is 1. The average molecular weight is 347 g/mol. The molecule has 0 aliphatic rings. The zero-order valence-electron chi connectivity index (χ0n) is 12.7. The summed E-state index contributed by atoms with van der Waals surface area (Å²) in [6, 6.07) is 10.0. The maximum Gasteiger partial charge on any atom is 0.319 e. The van der Waals surface area contributed by atoms with E-state index in [0.29, 0.717) is 11.6 Å². The minimum Gasteiger partial charge on any atom is -0.331 e. The van der Waals surface area contributed by atoms with Crippen LogP contribution in [0, 0.1) is 17.5 Å². The average Bonchev–Trinajstić information content (AvgIpc) is 3.10. The van der Waals surface area contributed by atoms with Crippen LogP contribution in [0.25, 0.3) is 11.4 Å². The highest BCUT2D eigenvalue weighted by Crippen LogP contribution is 2.19. The molecule has 0 unspecified atom stereocenters. The fourth-order valence-electron chi connectivity index (χ4n) is 2.04. The van der Waals surface area contributed by atoms with E-state index in [1.165, 1.54) is 0 Å². The maximum absolute atomic E-state index is 13.5. The maximum atomic E-state index is 13.5. The molecule has 9 heteroatoms. The number of nitrogens with one attached hydrogen (secondary N) is 3. The Hall–Kier alpha value is -3.36. The van der Waals surface area contributed by atoms with Crippen LogP contribution in [0.4, 0.5) is 23.7 Å². The number of benzene rings is 2. The van der Waals surface area contributed by atoms with Crippen molar-refractivity contribution >= 4 is 11.7 Å². The molecule has 0 radical (unpaired) electrons. The van der Waals surface area contributed by atoms with Gasteiger partial charge in [-0.15, -0.1) is 0 Å². The second kappa shape index (κ2) is 7.04. The third kappa shape index (κ3) is 3.77. The molecule has 0 aliphatic carbocycles. The Balaban J connectivity index is 1.60. The van der Waals surface area contributed by atoms with Gasteiger partial charge < -0.3 is 10.6 Å². The lowest BCUT2D eigenvalue weighted by Gasteiger charge is -2.08. The zero-order valence-corrected chi connectivity index (χ0v) is 12.7. The number of rotatable bonds is 4. The molecule has 2 aromatic carbocycles. The smallest absolute Gasteiger partial charge is 0.319 e. The number of hydrogen-bond donors (Lipinski definition) is 3. The summed E-state index contributed by atoms with van der Waals surface area (Å²) in [5.41, 5.74) is 0.331. The molecule has 1 heterocycles. The minimum absolute atomic E-state index is 0.0169. The summed E-state index contributed by atoms with van der Waals surface area (Å²) in [4.78, 5) is 16.0. The fraction of sp³-hybridized carbons (Fsp3) is 0.0625. The monoisotopic (exact) mass is 347 g/mol. The van der Waals surface area contributed by atoms with Crippen LogP contribution < -0.4 is 10.6 Å². The van der Waals surface area contributed by atoms with Crippen LogP contribution in [0.5, 0.6) is 0 Å². The number of H-pyrrole nitrogens is 1. The summed E-state index contributed by atoms with van der Waals surface area (Å²) in [6.07, 6.45) is 0. The van der Waals surface area contributed by atoms with Gasteiger partial charge in [0.15, 0.2) is 23.3 Å². The molecular formula is C16H12F3N5O. The minimum atomic E-state index is -1.65. The number of halogens is 3. The van der Waals surface area contributed by atoms with Crippen molar-refractivity contribution in [3.8, 4) is 11.4 Å². The Morgan fingerprint density at radius 1 is 1.04 bits per heavy atom. The second-order valence-electron chi connectivity index (χ2n) is 5.00. The molecule has 0 atom stereocenters. The lowest BCUT2D eigenvalue weighted by Crippen LogP contribution is -2.29. The molecule has 3 aromatic rings. The van der Waals surface area contributed by atoms with Crippen molar-refractivity contribution in [3.63, 3.8) is 0 Å². The Morgan fingerprint density at radius 3 is 2.56 bits per heavy atom. The number of hydrogen-bond acceptors (Lipinski definition) is 3. The summed E-state index contributed by atoms with van der Waals surface area (Å²) in [5, 5.41) is 11.2. The first-order valence-corrected chi connectivity index (χ1v) is 7.19. The molecule has 0 spiro atoms. The quantitative estimate of drug-likeness (QED) is 0.634. The summed E-state index contributed by atoms with van der Waals surface area (Å²) in [6.45, 7) is -0.0169. The Morgan fingerprint density at radius 2 is 1.80 bits per heavy atom. The number of urea groups is 1.